The van der Waals surface area contributed by atoms with Crippen molar-refractivity contribution in [1.82, 2.24) is 15.3 Å². The van der Waals surface area contributed by atoms with E-state index >= 15 is 0 Å². The van der Waals surface area contributed by atoms with Crippen LogP contribution < -0.4 is 15.4 Å². The molecule has 2 aromatic carbocycles. The zero-order chi connectivity index (χ0) is 27.1. The van der Waals surface area contributed by atoms with E-state index in [9.17, 15) is 28.1 Å². The average molecular weight is 531 g/mol. The molecule has 2 N–H and O–H groups in total. The highest BCUT2D eigenvalue weighted by atomic mass is 19.4. The second-order valence-corrected chi connectivity index (χ2v) is 8.64. The van der Waals surface area contributed by atoms with Crippen LogP contribution in [-0.4, -0.2) is 34.5 Å². The Morgan fingerprint density at radius 1 is 1.08 bits per heavy atom. The molecule has 13 heteroatoms. The van der Waals surface area contributed by atoms with Crippen LogP contribution in [0.25, 0.3) is 0 Å². The third-order valence-electron chi connectivity index (χ3n) is 6.10. The first-order valence-corrected chi connectivity index (χ1v) is 11.8. The van der Waals surface area contributed by atoms with Crippen LogP contribution in [0.2, 0.25) is 0 Å². The summed E-state index contributed by atoms with van der Waals surface area (Å²) in [5.41, 5.74) is -0.755. The molecule has 1 unspecified atom stereocenters. The number of hydrogen-bond acceptors (Lipinski definition) is 9. The first-order chi connectivity index (χ1) is 18.2. The number of rotatable bonds is 10. The predicted molar refractivity (Wildman–Crippen MR) is 130 cm³/mol. The number of alkyl halides is 3. The summed E-state index contributed by atoms with van der Waals surface area (Å²) < 4.78 is 49.0. The Labute approximate surface area is 215 Å². The molecular weight excluding hydrogens is 507 g/mol. The lowest BCUT2D eigenvalue weighted by molar-refractivity contribution is -0.385. The number of piperidine rings is 1. The van der Waals surface area contributed by atoms with Gasteiger partial charge in [0.1, 0.15) is 17.8 Å². The number of halogens is 3. The SMILES string of the molecule is O=COC(CC1CCNCC1)c1ncnc(Nc2ccc(Oc3ccc(C(F)(F)F)cc3)cc2)c1[N+](=O)[O-]. The van der Waals surface area contributed by atoms with Crippen molar-refractivity contribution in [2.75, 3.05) is 18.4 Å². The van der Waals surface area contributed by atoms with Gasteiger partial charge in [0, 0.05) is 5.69 Å². The van der Waals surface area contributed by atoms with Crippen LogP contribution in [-0.2, 0) is 15.7 Å². The van der Waals surface area contributed by atoms with Crippen LogP contribution in [0.15, 0.2) is 54.9 Å². The van der Waals surface area contributed by atoms with E-state index in [1.54, 1.807) is 24.3 Å². The summed E-state index contributed by atoms with van der Waals surface area (Å²) in [6.07, 6.45) is -2.08. The maximum Gasteiger partial charge on any atom is 0.416 e. The largest absolute Gasteiger partial charge is 0.458 e. The van der Waals surface area contributed by atoms with Crippen molar-refractivity contribution in [3.05, 3.63) is 76.2 Å². The molecule has 1 aliphatic rings. The van der Waals surface area contributed by atoms with Crippen molar-refractivity contribution in [1.29, 1.82) is 0 Å². The van der Waals surface area contributed by atoms with Gasteiger partial charge < -0.3 is 20.1 Å². The van der Waals surface area contributed by atoms with Gasteiger partial charge in [-0.3, -0.25) is 14.9 Å². The highest BCUT2D eigenvalue weighted by Crippen LogP contribution is 2.37. The predicted octanol–water partition coefficient (Wildman–Crippen LogP) is 5.54. The lowest BCUT2D eigenvalue weighted by atomic mass is 9.90. The third kappa shape index (κ3) is 6.73. The highest BCUT2D eigenvalue weighted by Gasteiger charge is 2.32. The Balaban J connectivity index is 1.51. The van der Waals surface area contributed by atoms with Gasteiger partial charge in [-0.1, -0.05) is 0 Å². The summed E-state index contributed by atoms with van der Waals surface area (Å²) in [5.74, 6) is 0.685. The third-order valence-corrected chi connectivity index (χ3v) is 6.10. The maximum absolute atomic E-state index is 12.7. The fraction of sp³-hybridized carbons (Fsp3) is 0.320. The number of nitro groups is 1. The van der Waals surface area contributed by atoms with Crippen molar-refractivity contribution in [3.8, 4) is 11.5 Å². The molecule has 3 aromatic rings. The van der Waals surface area contributed by atoms with Crippen LogP contribution in [0.1, 0.15) is 36.6 Å². The van der Waals surface area contributed by atoms with Gasteiger partial charge in [0.15, 0.2) is 11.8 Å². The zero-order valence-corrected chi connectivity index (χ0v) is 20.0. The lowest BCUT2D eigenvalue weighted by Crippen LogP contribution is -2.29. The first-order valence-electron chi connectivity index (χ1n) is 11.8. The number of nitrogens with zero attached hydrogens (tertiary/aromatic N) is 3. The Bertz CT molecular complexity index is 1250. The molecule has 1 fully saturated rings. The molecule has 4 rings (SSSR count). The lowest BCUT2D eigenvalue weighted by Gasteiger charge is -2.25. The van der Waals surface area contributed by atoms with Gasteiger partial charge >= 0.3 is 11.9 Å². The summed E-state index contributed by atoms with van der Waals surface area (Å²) in [4.78, 5) is 30.7. The number of aromatic nitrogens is 2. The quantitative estimate of drug-likeness (QED) is 0.197. The number of ether oxygens (including phenoxy) is 2. The van der Waals surface area contributed by atoms with Gasteiger partial charge in [0.25, 0.3) is 6.47 Å². The van der Waals surface area contributed by atoms with E-state index in [4.69, 9.17) is 9.47 Å². The van der Waals surface area contributed by atoms with Crippen molar-refractivity contribution < 1.29 is 32.4 Å². The Hall–Kier alpha value is -4.26. The monoisotopic (exact) mass is 531 g/mol. The Morgan fingerprint density at radius 3 is 2.29 bits per heavy atom. The second kappa shape index (κ2) is 11.9. The van der Waals surface area contributed by atoms with Gasteiger partial charge in [0.05, 0.1) is 10.5 Å². The van der Waals surface area contributed by atoms with Crippen LogP contribution in [0.4, 0.5) is 30.4 Å². The number of nitrogens with one attached hydrogen (secondary N) is 2. The van der Waals surface area contributed by atoms with E-state index in [1.807, 2.05) is 0 Å². The average Bonchev–Trinajstić information content (AvgIpc) is 2.90. The number of hydrogen-bond donors (Lipinski definition) is 2. The summed E-state index contributed by atoms with van der Waals surface area (Å²) in [6.45, 7) is 1.89. The molecule has 1 aromatic heterocycles. The minimum Gasteiger partial charge on any atom is -0.458 e. The minimum absolute atomic E-state index is 0.000361. The van der Waals surface area contributed by atoms with Gasteiger partial charge in [-0.05, 0) is 86.8 Å². The molecule has 200 valence electrons. The molecule has 1 saturated heterocycles. The van der Waals surface area contributed by atoms with Crippen LogP contribution in [0.5, 0.6) is 11.5 Å². The summed E-state index contributed by atoms with van der Waals surface area (Å²) >= 11 is 0. The van der Waals surface area contributed by atoms with Crippen LogP contribution in [0, 0.1) is 16.0 Å². The minimum atomic E-state index is -4.44. The number of carbonyl (C=O) groups is 1. The topological polar surface area (TPSA) is 129 Å². The van der Waals surface area contributed by atoms with Crippen molar-refractivity contribution in [2.45, 2.75) is 31.5 Å². The number of carbonyl (C=O) groups excluding carboxylic acids is 1. The molecule has 0 radical (unpaired) electrons. The fourth-order valence-electron chi connectivity index (χ4n) is 4.21. The van der Waals surface area contributed by atoms with Crippen molar-refractivity contribution >= 4 is 23.7 Å². The standard InChI is InChI=1S/C25H24F3N5O5/c26-25(27,28)17-1-5-19(6-2-17)38-20-7-3-18(4-8-20)32-24-23(33(35)36)22(30-14-31-24)21(37-15-34)13-16-9-11-29-12-10-16/h1-8,14-16,21,29H,9-13H2,(H,30,31,32). The number of anilines is 2. The van der Waals surface area contributed by atoms with E-state index < -0.39 is 28.5 Å². The van der Waals surface area contributed by atoms with Crippen molar-refractivity contribution in [3.63, 3.8) is 0 Å². The van der Waals surface area contributed by atoms with Gasteiger partial charge in [-0.25, -0.2) is 9.97 Å². The molecule has 2 heterocycles. The molecule has 1 aliphatic heterocycles. The molecule has 0 saturated carbocycles. The van der Waals surface area contributed by atoms with Gasteiger partial charge in [0.2, 0.25) is 5.82 Å². The summed E-state index contributed by atoms with van der Waals surface area (Å²) in [6, 6.07) is 10.5. The molecule has 0 spiro atoms. The van der Waals surface area contributed by atoms with Crippen LogP contribution in [0.3, 0.4) is 0 Å². The van der Waals surface area contributed by atoms with Crippen LogP contribution >= 0.6 is 0 Å². The maximum atomic E-state index is 12.7. The molecule has 0 bridgehead atoms. The van der Waals surface area contributed by atoms with E-state index in [-0.39, 0.29) is 29.7 Å². The Morgan fingerprint density at radius 2 is 1.71 bits per heavy atom. The normalized spacial score (nSPS) is 14.9. The summed E-state index contributed by atoms with van der Waals surface area (Å²) in [5, 5.41) is 18.1. The molecule has 0 aliphatic carbocycles. The molecule has 0 amide bonds. The molecule has 1 atom stereocenters. The van der Waals surface area contributed by atoms with E-state index in [0.29, 0.717) is 17.9 Å². The van der Waals surface area contributed by atoms with E-state index in [0.717, 1.165) is 44.4 Å². The molecule has 38 heavy (non-hydrogen) atoms. The molecule has 10 nitrogen and oxygen atoms in total. The molecular formula is C25H24F3N5O5. The fourth-order valence-corrected chi connectivity index (χ4v) is 4.21. The second-order valence-electron chi connectivity index (χ2n) is 8.64. The highest BCUT2D eigenvalue weighted by molar-refractivity contribution is 5.67. The van der Waals surface area contributed by atoms with E-state index in [2.05, 4.69) is 20.6 Å². The summed E-state index contributed by atoms with van der Waals surface area (Å²) in [7, 11) is 0. The Kier molecular flexibility index (Phi) is 8.36. The van der Waals surface area contributed by atoms with E-state index in [1.165, 1.54) is 12.1 Å². The smallest absolute Gasteiger partial charge is 0.416 e. The number of benzene rings is 2. The van der Waals surface area contributed by atoms with Crippen molar-refractivity contribution in [2.24, 2.45) is 5.92 Å². The zero-order valence-electron chi connectivity index (χ0n) is 20.0. The van der Waals surface area contributed by atoms with Gasteiger partial charge in [-0.2, -0.15) is 13.2 Å². The first kappa shape index (κ1) is 26.8. The van der Waals surface area contributed by atoms with Gasteiger partial charge in [-0.15, -0.1) is 0 Å².